The molecule has 0 bridgehead atoms. The van der Waals surface area contributed by atoms with Crippen molar-refractivity contribution in [3.63, 3.8) is 0 Å². The third-order valence-corrected chi connectivity index (χ3v) is 5.62. The van der Waals surface area contributed by atoms with Crippen LogP contribution < -0.4 is 0 Å². The molecule has 20 heavy (non-hydrogen) atoms. The third kappa shape index (κ3) is 3.04. The molecule has 1 fully saturated rings. The first-order valence-corrected chi connectivity index (χ1v) is 8.34. The number of aromatic nitrogens is 1. The van der Waals surface area contributed by atoms with Crippen molar-refractivity contribution in [3.05, 3.63) is 29.3 Å². The maximum absolute atomic E-state index is 10.9. The monoisotopic (exact) mass is 289 g/mol. The molecule has 0 aliphatic heterocycles. The molecule has 1 heterocycles. The van der Waals surface area contributed by atoms with Crippen LogP contribution in [0.2, 0.25) is 0 Å². The van der Waals surface area contributed by atoms with Gasteiger partial charge in [0.15, 0.2) is 0 Å². The number of nitrogens with zero attached hydrogens (tertiary/aromatic N) is 1. The number of hydrogen-bond acceptors (Lipinski definition) is 3. The minimum absolute atomic E-state index is 0.373. The largest absolute Gasteiger partial charge is 0.389 e. The Hall–Kier alpha value is -0.930. The van der Waals surface area contributed by atoms with Gasteiger partial charge in [0.25, 0.3) is 0 Å². The standard InChI is InChI=1S/C17H23NOS/c1-16(2)8-5-9-17(19,11-10-16)12-15-18-13-6-3-4-7-14(13)20-15/h3-4,6-7,19H,5,8-12H2,1-2H3. The molecule has 0 amide bonds. The number of fused-ring (bicyclic) bond motifs is 1. The minimum atomic E-state index is -0.554. The summed E-state index contributed by atoms with van der Waals surface area (Å²) in [6.07, 6.45) is 5.96. The van der Waals surface area contributed by atoms with E-state index in [0.29, 0.717) is 11.8 Å². The zero-order valence-electron chi connectivity index (χ0n) is 12.4. The first kappa shape index (κ1) is 14.0. The van der Waals surface area contributed by atoms with Crippen LogP contribution in [-0.4, -0.2) is 15.7 Å². The summed E-state index contributed by atoms with van der Waals surface area (Å²) in [4.78, 5) is 4.68. The first-order chi connectivity index (χ1) is 9.46. The molecule has 1 saturated carbocycles. The molecule has 2 aromatic rings. The normalized spacial score (nSPS) is 26.6. The molecule has 0 radical (unpaired) electrons. The van der Waals surface area contributed by atoms with Crippen molar-refractivity contribution >= 4 is 21.6 Å². The van der Waals surface area contributed by atoms with Crippen molar-refractivity contribution in [2.75, 3.05) is 0 Å². The van der Waals surface area contributed by atoms with Gasteiger partial charge in [0.05, 0.1) is 20.8 Å². The van der Waals surface area contributed by atoms with Crippen LogP contribution in [0.5, 0.6) is 0 Å². The van der Waals surface area contributed by atoms with E-state index in [4.69, 9.17) is 0 Å². The Morgan fingerprint density at radius 3 is 2.75 bits per heavy atom. The van der Waals surface area contributed by atoms with Gasteiger partial charge in [-0.3, -0.25) is 0 Å². The highest BCUT2D eigenvalue weighted by Gasteiger charge is 2.34. The quantitative estimate of drug-likeness (QED) is 0.822. The Balaban J connectivity index is 1.78. The van der Waals surface area contributed by atoms with Gasteiger partial charge in [-0.25, -0.2) is 4.98 Å². The highest BCUT2D eigenvalue weighted by Crippen LogP contribution is 2.40. The van der Waals surface area contributed by atoms with Crippen molar-refractivity contribution in [3.8, 4) is 0 Å². The summed E-state index contributed by atoms with van der Waals surface area (Å²) in [5.74, 6) is 0. The second-order valence-electron chi connectivity index (χ2n) is 6.99. The molecule has 1 aromatic carbocycles. The predicted octanol–water partition coefficient (Wildman–Crippen LogP) is 4.56. The zero-order chi connectivity index (χ0) is 14.2. The lowest BCUT2D eigenvalue weighted by Gasteiger charge is -2.27. The summed E-state index contributed by atoms with van der Waals surface area (Å²) < 4.78 is 1.22. The molecular weight excluding hydrogens is 266 g/mol. The van der Waals surface area contributed by atoms with Crippen molar-refractivity contribution in [2.45, 2.75) is 58.0 Å². The molecule has 0 spiro atoms. The van der Waals surface area contributed by atoms with E-state index in [1.807, 2.05) is 12.1 Å². The van der Waals surface area contributed by atoms with E-state index >= 15 is 0 Å². The number of benzene rings is 1. The van der Waals surface area contributed by atoms with Crippen LogP contribution in [0.4, 0.5) is 0 Å². The molecule has 3 heteroatoms. The molecule has 1 unspecified atom stereocenters. The topological polar surface area (TPSA) is 33.1 Å². The highest BCUT2D eigenvalue weighted by atomic mass is 32.1. The van der Waals surface area contributed by atoms with Gasteiger partial charge < -0.3 is 5.11 Å². The number of thiazole rings is 1. The SMILES string of the molecule is CC1(C)CCCC(O)(Cc2nc3ccccc3s2)CC1. The third-order valence-electron chi connectivity index (χ3n) is 4.58. The van der Waals surface area contributed by atoms with Crippen molar-refractivity contribution < 1.29 is 5.11 Å². The lowest BCUT2D eigenvalue weighted by atomic mass is 9.84. The van der Waals surface area contributed by atoms with Crippen LogP contribution in [0.15, 0.2) is 24.3 Å². The first-order valence-electron chi connectivity index (χ1n) is 7.53. The van der Waals surface area contributed by atoms with Crippen LogP contribution >= 0.6 is 11.3 Å². The van der Waals surface area contributed by atoms with Crippen LogP contribution in [0.3, 0.4) is 0 Å². The molecule has 1 aliphatic rings. The van der Waals surface area contributed by atoms with Gasteiger partial charge in [-0.1, -0.05) is 32.4 Å². The number of aliphatic hydroxyl groups is 1. The minimum Gasteiger partial charge on any atom is -0.389 e. The number of hydrogen-bond donors (Lipinski definition) is 1. The number of rotatable bonds is 2. The summed E-state index contributed by atoms with van der Waals surface area (Å²) in [7, 11) is 0. The Kier molecular flexibility index (Phi) is 3.59. The van der Waals surface area contributed by atoms with Gasteiger partial charge in [0, 0.05) is 6.42 Å². The molecule has 3 rings (SSSR count). The molecule has 2 nitrogen and oxygen atoms in total. The van der Waals surface area contributed by atoms with Gasteiger partial charge in [-0.15, -0.1) is 11.3 Å². The number of para-hydroxylation sites is 1. The van der Waals surface area contributed by atoms with E-state index in [1.54, 1.807) is 11.3 Å². The van der Waals surface area contributed by atoms with E-state index in [9.17, 15) is 5.11 Å². The molecule has 1 N–H and O–H groups in total. The smallest absolute Gasteiger partial charge is 0.0967 e. The maximum atomic E-state index is 10.9. The van der Waals surface area contributed by atoms with Gasteiger partial charge in [0.2, 0.25) is 0 Å². The maximum Gasteiger partial charge on any atom is 0.0967 e. The molecule has 0 saturated heterocycles. The summed E-state index contributed by atoms with van der Waals surface area (Å²) >= 11 is 1.73. The highest BCUT2D eigenvalue weighted by molar-refractivity contribution is 7.18. The van der Waals surface area contributed by atoms with Crippen LogP contribution in [0.1, 0.15) is 51.0 Å². The van der Waals surface area contributed by atoms with E-state index in [1.165, 1.54) is 11.1 Å². The van der Waals surface area contributed by atoms with Gasteiger partial charge in [-0.2, -0.15) is 0 Å². The fraction of sp³-hybridized carbons (Fsp3) is 0.588. The summed E-state index contributed by atoms with van der Waals surface area (Å²) in [5, 5.41) is 12.0. The van der Waals surface area contributed by atoms with Crippen molar-refractivity contribution in [1.82, 2.24) is 4.98 Å². The predicted molar refractivity (Wildman–Crippen MR) is 85.1 cm³/mol. The molecular formula is C17H23NOS. The van der Waals surface area contributed by atoms with Crippen LogP contribution in [0.25, 0.3) is 10.2 Å². The van der Waals surface area contributed by atoms with E-state index in [-0.39, 0.29) is 0 Å². The van der Waals surface area contributed by atoms with Crippen LogP contribution in [0, 0.1) is 5.41 Å². The lowest BCUT2D eigenvalue weighted by Crippen LogP contribution is -2.31. The fourth-order valence-electron chi connectivity index (χ4n) is 3.17. The van der Waals surface area contributed by atoms with Crippen molar-refractivity contribution in [2.24, 2.45) is 5.41 Å². The Morgan fingerprint density at radius 1 is 1.15 bits per heavy atom. The Morgan fingerprint density at radius 2 is 1.95 bits per heavy atom. The lowest BCUT2D eigenvalue weighted by molar-refractivity contribution is 0.0226. The second kappa shape index (κ2) is 5.12. The van der Waals surface area contributed by atoms with Gasteiger partial charge in [0.1, 0.15) is 0 Å². The van der Waals surface area contributed by atoms with E-state index in [0.717, 1.165) is 36.2 Å². The summed E-state index contributed by atoms with van der Waals surface area (Å²) in [5.41, 5.74) is 0.879. The Bertz CT molecular complexity index is 571. The fourth-order valence-corrected chi connectivity index (χ4v) is 4.27. The molecule has 108 valence electrons. The second-order valence-corrected chi connectivity index (χ2v) is 8.11. The zero-order valence-corrected chi connectivity index (χ0v) is 13.2. The van der Waals surface area contributed by atoms with Crippen molar-refractivity contribution in [1.29, 1.82) is 0 Å². The average Bonchev–Trinajstić information content (AvgIpc) is 2.72. The van der Waals surface area contributed by atoms with Gasteiger partial charge in [-0.05, 0) is 43.2 Å². The van der Waals surface area contributed by atoms with Gasteiger partial charge >= 0.3 is 0 Å². The van der Waals surface area contributed by atoms with E-state index in [2.05, 4.69) is 31.0 Å². The Labute approximate surface area is 124 Å². The summed E-state index contributed by atoms with van der Waals surface area (Å²) in [6, 6.07) is 8.23. The average molecular weight is 289 g/mol. The van der Waals surface area contributed by atoms with E-state index < -0.39 is 5.60 Å². The molecule has 1 aliphatic carbocycles. The molecule has 1 atom stereocenters. The summed E-state index contributed by atoms with van der Waals surface area (Å²) in [6.45, 7) is 4.63. The van der Waals surface area contributed by atoms with Crippen LogP contribution in [-0.2, 0) is 6.42 Å². The molecule has 1 aromatic heterocycles.